The fraction of sp³-hybridized carbons (Fsp3) is 0.154. The largest absolute Gasteiger partial charge is 0.468 e. The fourth-order valence-corrected chi connectivity index (χ4v) is 4.75. The molecule has 0 unspecified atom stereocenters. The van der Waals surface area contributed by atoms with Crippen LogP contribution in [0.1, 0.15) is 29.7 Å². The van der Waals surface area contributed by atoms with Crippen LogP contribution in [0.25, 0.3) is 0 Å². The van der Waals surface area contributed by atoms with E-state index in [1.54, 1.807) is 30.2 Å². The van der Waals surface area contributed by atoms with Crippen molar-refractivity contribution >= 4 is 23.4 Å². The van der Waals surface area contributed by atoms with Crippen molar-refractivity contribution in [3.8, 4) is 6.07 Å². The lowest BCUT2D eigenvalue weighted by molar-refractivity contribution is -0.113. The Bertz CT molecular complexity index is 1220. The molecule has 0 saturated carbocycles. The molecule has 0 fully saturated rings. The van der Waals surface area contributed by atoms with E-state index in [1.165, 1.54) is 0 Å². The number of nitrogens with one attached hydrogen (secondary N) is 2. The normalized spacial score (nSPS) is 15.8. The maximum Gasteiger partial charge on any atom is 0.254 e. The second-order valence-electron chi connectivity index (χ2n) is 7.51. The lowest BCUT2D eigenvalue weighted by atomic mass is 9.85. The van der Waals surface area contributed by atoms with Crippen molar-refractivity contribution in [2.45, 2.75) is 25.5 Å². The number of hydrogen-bond acceptors (Lipinski definition) is 5. The maximum atomic E-state index is 13.4. The molecule has 2 aromatic carbocycles. The molecular weight excluding hydrogens is 418 g/mol. The van der Waals surface area contributed by atoms with Crippen molar-refractivity contribution in [2.75, 3.05) is 5.32 Å². The number of nitriles is 1. The number of rotatable bonds is 6. The molecule has 1 aliphatic rings. The summed E-state index contributed by atoms with van der Waals surface area (Å²) in [6.45, 7) is 3.80. The average molecular weight is 442 g/mol. The van der Waals surface area contributed by atoms with Crippen molar-refractivity contribution in [3.63, 3.8) is 0 Å². The van der Waals surface area contributed by atoms with E-state index in [2.05, 4.69) is 28.8 Å². The number of dihydropyridines is 1. The molecule has 2 N–H and O–H groups in total. The van der Waals surface area contributed by atoms with Gasteiger partial charge in [-0.2, -0.15) is 5.26 Å². The Balaban J connectivity index is 1.69. The summed E-state index contributed by atoms with van der Waals surface area (Å²) in [5.41, 5.74) is 4.51. The standard InChI is InChI=1S/C26H23N3O2S/c1-17-9-6-7-12-21(17)29-25(30)23-18(2)28-26(32-16-19-10-4-3-5-11-19)20(15-27)24(23)22-13-8-14-31-22/h3-14,24,28H,16H2,1-2H3,(H,29,30)/t24-/m0/s1. The van der Waals surface area contributed by atoms with Gasteiger partial charge in [-0.1, -0.05) is 48.5 Å². The van der Waals surface area contributed by atoms with Crippen LogP contribution in [0.2, 0.25) is 0 Å². The number of furan rings is 1. The molecule has 5 nitrogen and oxygen atoms in total. The molecular formula is C26H23N3O2S. The minimum Gasteiger partial charge on any atom is -0.468 e. The van der Waals surface area contributed by atoms with Crippen molar-refractivity contribution in [1.82, 2.24) is 5.32 Å². The third-order valence-electron chi connectivity index (χ3n) is 5.34. The van der Waals surface area contributed by atoms with Gasteiger partial charge in [0.25, 0.3) is 5.91 Å². The lowest BCUT2D eigenvalue weighted by Gasteiger charge is -2.28. The molecule has 0 radical (unpaired) electrons. The number of anilines is 1. The summed E-state index contributed by atoms with van der Waals surface area (Å²) < 4.78 is 5.68. The molecule has 1 aromatic heterocycles. The summed E-state index contributed by atoms with van der Waals surface area (Å²) in [5.74, 6) is 0.427. The Hall–Kier alpha value is -3.69. The Labute approximate surface area is 191 Å². The number of carbonyl (C=O) groups excluding carboxylic acids is 1. The van der Waals surface area contributed by atoms with Crippen LogP contribution in [0.4, 0.5) is 5.69 Å². The summed E-state index contributed by atoms with van der Waals surface area (Å²) in [7, 11) is 0. The van der Waals surface area contributed by atoms with E-state index >= 15 is 0 Å². The van der Waals surface area contributed by atoms with Gasteiger partial charge in [-0.05, 0) is 43.2 Å². The van der Waals surface area contributed by atoms with Crippen LogP contribution in [0, 0.1) is 18.3 Å². The van der Waals surface area contributed by atoms with Gasteiger partial charge >= 0.3 is 0 Å². The Kier molecular flexibility index (Phi) is 6.48. The van der Waals surface area contributed by atoms with Crippen molar-refractivity contribution in [1.29, 1.82) is 5.26 Å². The number of thioether (sulfide) groups is 1. The number of hydrogen-bond donors (Lipinski definition) is 2. The van der Waals surface area contributed by atoms with Crippen LogP contribution in [0.5, 0.6) is 0 Å². The van der Waals surface area contributed by atoms with Gasteiger partial charge in [0.1, 0.15) is 5.76 Å². The van der Waals surface area contributed by atoms with Gasteiger partial charge in [-0.15, -0.1) is 11.8 Å². The molecule has 1 aliphatic heterocycles. The Morgan fingerprint density at radius 3 is 2.53 bits per heavy atom. The molecule has 0 saturated heterocycles. The van der Waals surface area contributed by atoms with Gasteiger partial charge in [-0.25, -0.2) is 0 Å². The van der Waals surface area contributed by atoms with Crippen molar-refractivity contribution in [3.05, 3.63) is 112 Å². The van der Waals surface area contributed by atoms with Gasteiger partial charge in [0, 0.05) is 17.1 Å². The smallest absolute Gasteiger partial charge is 0.254 e. The second-order valence-corrected chi connectivity index (χ2v) is 8.50. The highest BCUT2D eigenvalue weighted by Gasteiger charge is 2.36. The van der Waals surface area contributed by atoms with Crippen molar-refractivity contribution < 1.29 is 9.21 Å². The van der Waals surface area contributed by atoms with Crippen LogP contribution < -0.4 is 10.6 Å². The van der Waals surface area contributed by atoms with Gasteiger partial charge < -0.3 is 15.1 Å². The molecule has 6 heteroatoms. The Morgan fingerprint density at radius 1 is 1.09 bits per heavy atom. The van der Waals surface area contributed by atoms with E-state index in [0.29, 0.717) is 28.4 Å². The summed E-state index contributed by atoms with van der Waals surface area (Å²) in [4.78, 5) is 13.4. The number of aryl methyl sites for hydroxylation is 1. The number of para-hydroxylation sites is 1. The number of carbonyl (C=O) groups is 1. The third-order valence-corrected chi connectivity index (χ3v) is 6.43. The second kappa shape index (κ2) is 9.63. The van der Waals surface area contributed by atoms with Crippen LogP contribution >= 0.6 is 11.8 Å². The van der Waals surface area contributed by atoms with Crippen LogP contribution in [0.3, 0.4) is 0 Å². The first-order valence-corrected chi connectivity index (χ1v) is 11.3. The molecule has 3 aromatic rings. The highest BCUT2D eigenvalue weighted by molar-refractivity contribution is 8.02. The predicted octanol–water partition coefficient (Wildman–Crippen LogP) is 5.86. The number of allylic oxidation sites excluding steroid dienone is 2. The van der Waals surface area contributed by atoms with Gasteiger partial charge in [0.2, 0.25) is 0 Å². The van der Waals surface area contributed by atoms with E-state index in [-0.39, 0.29) is 5.91 Å². The molecule has 1 atom stereocenters. The van der Waals surface area contributed by atoms with E-state index in [1.807, 2.05) is 56.3 Å². The van der Waals surface area contributed by atoms with E-state index in [4.69, 9.17) is 4.42 Å². The lowest BCUT2D eigenvalue weighted by Crippen LogP contribution is -2.30. The van der Waals surface area contributed by atoms with Gasteiger partial charge in [0.05, 0.1) is 34.4 Å². The molecule has 1 amide bonds. The minimum atomic E-state index is -0.585. The number of nitrogens with zero attached hydrogens (tertiary/aromatic N) is 1. The van der Waals surface area contributed by atoms with E-state index in [9.17, 15) is 10.1 Å². The summed E-state index contributed by atoms with van der Waals surface area (Å²) >= 11 is 1.55. The first kappa shape index (κ1) is 21.5. The summed E-state index contributed by atoms with van der Waals surface area (Å²) in [5, 5.41) is 17.1. The fourth-order valence-electron chi connectivity index (χ4n) is 3.70. The summed E-state index contributed by atoms with van der Waals surface area (Å²) in [6.07, 6.45) is 1.56. The number of amides is 1. The number of benzene rings is 2. The molecule has 0 aliphatic carbocycles. The highest BCUT2D eigenvalue weighted by Crippen LogP contribution is 2.41. The zero-order valence-corrected chi connectivity index (χ0v) is 18.7. The van der Waals surface area contributed by atoms with Crippen LogP contribution in [-0.4, -0.2) is 5.91 Å². The molecule has 4 rings (SSSR count). The topological polar surface area (TPSA) is 78.1 Å². The molecule has 2 heterocycles. The Morgan fingerprint density at radius 2 is 1.84 bits per heavy atom. The first-order chi connectivity index (χ1) is 15.6. The van der Waals surface area contributed by atoms with Crippen molar-refractivity contribution in [2.24, 2.45) is 0 Å². The molecule has 0 bridgehead atoms. The zero-order valence-electron chi connectivity index (χ0n) is 17.9. The highest BCUT2D eigenvalue weighted by atomic mass is 32.2. The molecule has 32 heavy (non-hydrogen) atoms. The quantitative estimate of drug-likeness (QED) is 0.501. The molecule has 160 valence electrons. The van der Waals surface area contributed by atoms with E-state index < -0.39 is 5.92 Å². The monoisotopic (exact) mass is 441 g/mol. The van der Waals surface area contributed by atoms with Gasteiger partial charge in [-0.3, -0.25) is 4.79 Å². The predicted molar refractivity (Wildman–Crippen MR) is 127 cm³/mol. The average Bonchev–Trinajstić information content (AvgIpc) is 3.34. The third kappa shape index (κ3) is 4.48. The first-order valence-electron chi connectivity index (χ1n) is 10.3. The van der Waals surface area contributed by atoms with Crippen LogP contribution in [0.15, 0.2) is 99.3 Å². The minimum absolute atomic E-state index is 0.259. The molecule has 0 spiro atoms. The SMILES string of the molecule is CC1=C(C(=O)Nc2ccccc2C)[C@H](c2ccco2)C(C#N)=C(SCc2ccccc2)N1. The van der Waals surface area contributed by atoms with Crippen LogP contribution in [-0.2, 0) is 10.5 Å². The van der Waals surface area contributed by atoms with E-state index in [0.717, 1.165) is 21.8 Å². The van der Waals surface area contributed by atoms with Gasteiger partial charge in [0.15, 0.2) is 0 Å². The summed E-state index contributed by atoms with van der Waals surface area (Å²) in [6, 6.07) is 23.6. The zero-order chi connectivity index (χ0) is 22.5. The maximum absolute atomic E-state index is 13.4.